The first kappa shape index (κ1) is 27.0. The van der Waals surface area contributed by atoms with Crippen LogP contribution in [0.2, 0.25) is 10.0 Å². The minimum Gasteiger partial charge on any atom is -0.493 e. The summed E-state index contributed by atoms with van der Waals surface area (Å²) in [6.07, 6.45) is 2.41. The van der Waals surface area contributed by atoms with Gasteiger partial charge in [-0.25, -0.2) is 9.97 Å². The molecule has 0 spiro atoms. The zero-order valence-electron chi connectivity index (χ0n) is 21.4. The fourth-order valence-corrected chi connectivity index (χ4v) is 4.73. The van der Waals surface area contributed by atoms with Crippen molar-refractivity contribution < 1.29 is 19.0 Å². The topological polar surface area (TPSA) is 85.8 Å². The number of carbonyl (C=O) groups excluding carboxylic acids is 1. The molecular weight excluding hydrogens is 539 g/mol. The number of benzene rings is 3. The number of nitrogens with one attached hydrogen (secondary N) is 1. The molecule has 1 unspecified atom stereocenters. The number of methoxy groups -OCH3 is 1. The van der Waals surface area contributed by atoms with Gasteiger partial charge < -0.3 is 24.4 Å². The maximum atomic E-state index is 12.8. The molecule has 0 saturated carbocycles. The number of aryl methyl sites for hydroxylation is 1. The number of ether oxygens (including phenoxy) is 3. The lowest BCUT2D eigenvalue weighted by molar-refractivity contribution is -0.139. The van der Waals surface area contributed by atoms with Crippen LogP contribution in [-0.4, -0.2) is 60.3 Å². The molecule has 1 atom stereocenters. The highest BCUT2D eigenvalue weighted by Crippen LogP contribution is 2.35. The monoisotopic (exact) mass is 566 g/mol. The Labute approximate surface area is 236 Å². The van der Waals surface area contributed by atoms with Gasteiger partial charge >= 0.3 is 0 Å². The van der Waals surface area contributed by atoms with Crippen molar-refractivity contribution in [3.63, 3.8) is 0 Å². The third-order valence-electron chi connectivity index (χ3n) is 6.49. The first-order chi connectivity index (χ1) is 19.0. The summed E-state index contributed by atoms with van der Waals surface area (Å²) in [5, 5.41) is 4.92. The van der Waals surface area contributed by atoms with Crippen LogP contribution >= 0.6 is 23.2 Å². The van der Waals surface area contributed by atoms with Crippen molar-refractivity contribution in [2.45, 2.75) is 18.9 Å². The largest absolute Gasteiger partial charge is 0.493 e. The van der Waals surface area contributed by atoms with Crippen molar-refractivity contribution in [1.29, 1.82) is 0 Å². The van der Waals surface area contributed by atoms with Gasteiger partial charge in [0.2, 0.25) is 5.91 Å². The van der Waals surface area contributed by atoms with Crippen molar-refractivity contribution in [3.8, 4) is 11.5 Å². The third kappa shape index (κ3) is 6.71. The van der Waals surface area contributed by atoms with E-state index in [-0.39, 0.29) is 18.6 Å². The Bertz CT molecular complexity index is 1450. The summed E-state index contributed by atoms with van der Waals surface area (Å²) >= 11 is 12.2. The van der Waals surface area contributed by atoms with E-state index in [0.717, 1.165) is 23.1 Å². The van der Waals surface area contributed by atoms with E-state index in [1.807, 2.05) is 53.4 Å². The molecule has 0 aliphatic carbocycles. The van der Waals surface area contributed by atoms with E-state index >= 15 is 0 Å². The number of rotatable bonds is 9. The Morgan fingerprint density at radius 3 is 2.72 bits per heavy atom. The number of hydrogen-bond acceptors (Lipinski definition) is 7. The zero-order valence-corrected chi connectivity index (χ0v) is 22.9. The van der Waals surface area contributed by atoms with Crippen LogP contribution in [0, 0.1) is 0 Å². The van der Waals surface area contributed by atoms with Crippen molar-refractivity contribution >= 4 is 51.5 Å². The fourth-order valence-electron chi connectivity index (χ4n) is 4.43. The maximum Gasteiger partial charge on any atom is 0.223 e. The Kier molecular flexibility index (Phi) is 8.66. The standard InChI is InChI=1S/C29H28Cl2N4O4/c1-37-26-14-22-25(32-18-33-29(22)34-20-8-9-23(30)24(31)13-20)15-27(26)39-17-21-16-35(11-12-38-21)28(36)10-7-19-5-3-2-4-6-19/h2-6,8-9,13-15,18,21H,7,10-12,16-17H2,1H3,(H,32,33,34). The van der Waals surface area contributed by atoms with Gasteiger partial charge in [0.1, 0.15) is 24.9 Å². The number of carbonyl (C=O) groups is 1. The summed E-state index contributed by atoms with van der Waals surface area (Å²) in [5.41, 5.74) is 2.56. The van der Waals surface area contributed by atoms with Gasteiger partial charge in [-0.1, -0.05) is 53.5 Å². The van der Waals surface area contributed by atoms with Gasteiger partial charge in [-0.05, 0) is 36.2 Å². The molecule has 0 radical (unpaired) electrons. The van der Waals surface area contributed by atoms with Crippen molar-refractivity contribution in [1.82, 2.24) is 14.9 Å². The molecule has 1 fully saturated rings. The SMILES string of the molecule is COc1cc2c(Nc3ccc(Cl)c(Cl)c3)ncnc2cc1OCC1CN(C(=O)CCc2ccccc2)CCO1. The Hall–Kier alpha value is -3.59. The molecule has 39 heavy (non-hydrogen) atoms. The predicted octanol–water partition coefficient (Wildman–Crippen LogP) is 5.93. The summed E-state index contributed by atoms with van der Waals surface area (Å²) in [6.45, 7) is 1.79. The molecule has 8 nitrogen and oxygen atoms in total. The summed E-state index contributed by atoms with van der Waals surface area (Å²) in [5.74, 6) is 1.76. The van der Waals surface area contributed by atoms with E-state index in [4.69, 9.17) is 37.4 Å². The predicted molar refractivity (Wildman–Crippen MR) is 152 cm³/mol. The summed E-state index contributed by atoms with van der Waals surface area (Å²) in [6, 6.07) is 18.9. The number of aromatic nitrogens is 2. The van der Waals surface area contributed by atoms with Crippen LogP contribution in [0.15, 0.2) is 67.0 Å². The quantitative estimate of drug-likeness (QED) is 0.269. The lowest BCUT2D eigenvalue weighted by Gasteiger charge is -2.33. The van der Waals surface area contributed by atoms with E-state index in [9.17, 15) is 4.79 Å². The lowest BCUT2D eigenvalue weighted by Crippen LogP contribution is -2.47. The highest BCUT2D eigenvalue weighted by molar-refractivity contribution is 6.42. The van der Waals surface area contributed by atoms with Crippen LogP contribution in [0.1, 0.15) is 12.0 Å². The Morgan fingerprint density at radius 2 is 1.92 bits per heavy atom. The van der Waals surface area contributed by atoms with Crippen LogP contribution in [0.25, 0.3) is 10.9 Å². The number of hydrogen-bond donors (Lipinski definition) is 1. The molecule has 1 aromatic heterocycles. The fraction of sp³-hybridized carbons (Fsp3) is 0.276. The van der Waals surface area contributed by atoms with Crippen LogP contribution in [0.4, 0.5) is 11.5 Å². The van der Waals surface area contributed by atoms with Gasteiger partial charge in [0.15, 0.2) is 11.5 Å². The summed E-state index contributed by atoms with van der Waals surface area (Å²) in [7, 11) is 1.58. The van der Waals surface area contributed by atoms with Crippen LogP contribution in [0.3, 0.4) is 0 Å². The third-order valence-corrected chi connectivity index (χ3v) is 7.23. The molecule has 10 heteroatoms. The molecule has 5 rings (SSSR count). The molecule has 0 bridgehead atoms. The van der Waals surface area contributed by atoms with Gasteiger partial charge in [-0.2, -0.15) is 0 Å². The average Bonchev–Trinajstić information content (AvgIpc) is 2.97. The second-order valence-electron chi connectivity index (χ2n) is 9.13. The van der Waals surface area contributed by atoms with E-state index in [1.54, 1.807) is 19.2 Å². The molecule has 1 N–H and O–H groups in total. The number of nitrogens with zero attached hydrogens (tertiary/aromatic N) is 3. The van der Waals surface area contributed by atoms with Crippen LogP contribution < -0.4 is 14.8 Å². The number of morpholine rings is 1. The molecule has 1 aliphatic heterocycles. The smallest absolute Gasteiger partial charge is 0.223 e. The molecule has 1 aliphatic rings. The van der Waals surface area contributed by atoms with E-state index in [1.165, 1.54) is 6.33 Å². The average molecular weight is 567 g/mol. The molecular formula is C29H28Cl2N4O4. The van der Waals surface area contributed by atoms with E-state index in [2.05, 4.69) is 15.3 Å². The van der Waals surface area contributed by atoms with Crippen molar-refractivity contribution in [2.24, 2.45) is 0 Å². The van der Waals surface area contributed by atoms with Gasteiger partial charge in [-0.3, -0.25) is 4.79 Å². The molecule has 1 amide bonds. The highest BCUT2D eigenvalue weighted by atomic mass is 35.5. The molecule has 1 saturated heterocycles. The second-order valence-corrected chi connectivity index (χ2v) is 9.94. The van der Waals surface area contributed by atoms with Gasteiger partial charge in [0.25, 0.3) is 0 Å². The number of halogens is 2. The zero-order chi connectivity index (χ0) is 27.2. The molecule has 4 aromatic rings. The highest BCUT2D eigenvalue weighted by Gasteiger charge is 2.25. The summed E-state index contributed by atoms with van der Waals surface area (Å²) < 4.78 is 17.6. The maximum absolute atomic E-state index is 12.8. The normalized spacial score (nSPS) is 15.3. The molecule has 2 heterocycles. The van der Waals surface area contributed by atoms with Crippen LogP contribution in [-0.2, 0) is 16.0 Å². The Balaban J connectivity index is 1.24. The second kappa shape index (κ2) is 12.5. The Morgan fingerprint density at radius 1 is 1.08 bits per heavy atom. The molecule has 3 aromatic carbocycles. The number of anilines is 2. The van der Waals surface area contributed by atoms with Gasteiger partial charge in [0.05, 0.1) is 35.8 Å². The number of amides is 1. The van der Waals surface area contributed by atoms with Crippen molar-refractivity contribution in [2.75, 3.05) is 38.7 Å². The first-order valence-corrected chi connectivity index (χ1v) is 13.4. The van der Waals surface area contributed by atoms with Crippen molar-refractivity contribution in [3.05, 3.63) is 82.6 Å². The first-order valence-electron chi connectivity index (χ1n) is 12.6. The molecule has 202 valence electrons. The van der Waals surface area contributed by atoms with Crippen LogP contribution in [0.5, 0.6) is 11.5 Å². The summed E-state index contributed by atoms with van der Waals surface area (Å²) in [4.78, 5) is 23.5. The lowest BCUT2D eigenvalue weighted by atomic mass is 10.1. The minimum atomic E-state index is -0.253. The van der Waals surface area contributed by atoms with Gasteiger partial charge in [0, 0.05) is 30.1 Å². The van der Waals surface area contributed by atoms with Gasteiger partial charge in [-0.15, -0.1) is 0 Å². The van der Waals surface area contributed by atoms with E-state index in [0.29, 0.717) is 59.0 Å². The minimum absolute atomic E-state index is 0.120. The number of fused-ring (bicyclic) bond motifs is 1. The van der Waals surface area contributed by atoms with E-state index < -0.39 is 0 Å².